The summed E-state index contributed by atoms with van der Waals surface area (Å²) in [4.78, 5) is 8.69. The monoisotopic (exact) mass is 296 g/mol. The summed E-state index contributed by atoms with van der Waals surface area (Å²) < 4.78 is 0.756. The maximum atomic E-state index is 6.02. The molecule has 1 aromatic heterocycles. The van der Waals surface area contributed by atoms with Crippen LogP contribution in [0.1, 0.15) is 11.3 Å². The second-order valence-electron chi connectivity index (χ2n) is 3.55. The Morgan fingerprint density at radius 2 is 1.81 bits per heavy atom. The SMILES string of the molecule is Cc1ccccc1-c1nc(C)c(Br)c(Cl)n1. The molecular weight excluding hydrogens is 288 g/mol. The minimum Gasteiger partial charge on any atom is -0.232 e. The maximum Gasteiger partial charge on any atom is 0.161 e. The summed E-state index contributed by atoms with van der Waals surface area (Å²) in [5.74, 6) is 0.670. The number of aromatic nitrogens is 2. The first-order valence-electron chi connectivity index (χ1n) is 4.85. The molecule has 0 N–H and O–H groups in total. The molecule has 0 bridgehead atoms. The Labute approximate surface area is 108 Å². The topological polar surface area (TPSA) is 25.8 Å². The summed E-state index contributed by atoms with van der Waals surface area (Å²) >= 11 is 9.37. The van der Waals surface area contributed by atoms with Gasteiger partial charge in [-0.1, -0.05) is 35.9 Å². The van der Waals surface area contributed by atoms with E-state index in [-0.39, 0.29) is 0 Å². The summed E-state index contributed by atoms with van der Waals surface area (Å²) in [6, 6.07) is 7.99. The van der Waals surface area contributed by atoms with Crippen LogP contribution in [-0.4, -0.2) is 9.97 Å². The minimum atomic E-state index is 0.450. The van der Waals surface area contributed by atoms with Crippen molar-refractivity contribution in [1.82, 2.24) is 9.97 Å². The van der Waals surface area contributed by atoms with Crippen LogP contribution in [0.4, 0.5) is 0 Å². The summed E-state index contributed by atoms with van der Waals surface area (Å²) in [6.07, 6.45) is 0. The Morgan fingerprint density at radius 3 is 2.44 bits per heavy atom. The molecule has 0 atom stereocenters. The standard InChI is InChI=1S/C12H10BrClN2/c1-7-5-3-4-6-9(7)12-15-8(2)10(13)11(14)16-12/h3-6H,1-2H3. The Balaban J connectivity index is 2.62. The Morgan fingerprint density at radius 1 is 1.12 bits per heavy atom. The molecule has 0 fully saturated rings. The number of nitrogens with zero attached hydrogens (tertiary/aromatic N) is 2. The third kappa shape index (κ3) is 2.11. The normalized spacial score (nSPS) is 10.5. The lowest BCUT2D eigenvalue weighted by atomic mass is 10.1. The molecule has 0 aliphatic carbocycles. The van der Waals surface area contributed by atoms with Crippen LogP contribution in [0.15, 0.2) is 28.7 Å². The molecule has 0 spiro atoms. The van der Waals surface area contributed by atoms with Crippen molar-refractivity contribution < 1.29 is 0 Å². The van der Waals surface area contributed by atoms with Gasteiger partial charge in [-0.2, -0.15) is 0 Å². The molecule has 0 radical (unpaired) electrons. The van der Waals surface area contributed by atoms with Gasteiger partial charge in [0.2, 0.25) is 0 Å². The van der Waals surface area contributed by atoms with Gasteiger partial charge in [0.05, 0.1) is 10.2 Å². The minimum absolute atomic E-state index is 0.450. The van der Waals surface area contributed by atoms with Crippen molar-refractivity contribution in [2.24, 2.45) is 0 Å². The maximum absolute atomic E-state index is 6.02. The first kappa shape index (κ1) is 11.6. The van der Waals surface area contributed by atoms with Gasteiger partial charge in [0.15, 0.2) is 5.82 Å². The Bertz CT molecular complexity index is 517. The van der Waals surface area contributed by atoms with E-state index in [1.165, 1.54) is 0 Å². The van der Waals surface area contributed by atoms with Gasteiger partial charge in [0, 0.05) is 5.56 Å². The zero-order valence-electron chi connectivity index (χ0n) is 8.96. The second-order valence-corrected chi connectivity index (χ2v) is 4.70. The third-order valence-corrected chi connectivity index (χ3v) is 3.81. The molecule has 0 saturated heterocycles. The van der Waals surface area contributed by atoms with E-state index in [2.05, 4.69) is 25.9 Å². The molecule has 16 heavy (non-hydrogen) atoms. The summed E-state index contributed by atoms with van der Waals surface area (Å²) in [7, 11) is 0. The lowest BCUT2D eigenvalue weighted by Crippen LogP contribution is -1.95. The molecular formula is C12H10BrClN2. The summed E-state index contributed by atoms with van der Waals surface area (Å²) in [5, 5.41) is 0.450. The van der Waals surface area contributed by atoms with E-state index < -0.39 is 0 Å². The number of hydrogen-bond acceptors (Lipinski definition) is 2. The van der Waals surface area contributed by atoms with Crippen LogP contribution in [0.3, 0.4) is 0 Å². The lowest BCUT2D eigenvalue weighted by molar-refractivity contribution is 1.09. The quantitative estimate of drug-likeness (QED) is 0.738. The van der Waals surface area contributed by atoms with Crippen molar-refractivity contribution in [2.75, 3.05) is 0 Å². The van der Waals surface area contributed by atoms with Gasteiger partial charge in [-0.05, 0) is 35.3 Å². The third-order valence-electron chi connectivity index (χ3n) is 2.36. The Hall–Kier alpha value is -0.930. The van der Waals surface area contributed by atoms with Crippen molar-refractivity contribution >= 4 is 27.5 Å². The van der Waals surface area contributed by atoms with Crippen LogP contribution in [-0.2, 0) is 0 Å². The van der Waals surface area contributed by atoms with E-state index in [1.807, 2.05) is 38.1 Å². The zero-order chi connectivity index (χ0) is 11.7. The Kier molecular flexibility index (Phi) is 3.26. The van der Waals surface area contributed by atoms with Crippen LogP contribution < -0.4 is 0 Å². The van der Waals surface area contributed by atoms with E-state index in [1.54, 1.807) is 0 Å². The average Bonchev–Trinajstić information content (AvgIpc) is 2.26. The summed E-state index contributed by atoms with van der Waals surface area (Å²) in [5.41, 5.74) is 3.00. The van der Waals surface area contributed by atoms with Gasteiger partial charge in [-0.3, -0.25) is 0 Å². The van der Waals surface area contributed by atoms with E-state index in [0.29, 0.717) is 11.0 Å². The van der Waals surface area contributed by atoms with Gasteiger partial charge >= 0.3 is 0 Å². The van der Waals surface area contributed by atoms with Crippen molar-refractivity contribution in [1.29, 1.82) is 0 Å². The van der Waals surface area contributed by atoms with Gasteiger partial charge in [-0.25, -0.2) is 9.97 Å². The van der Waals surface area contributed by atoms with Crippen LogP contribution in [0, 0.1) is 13.8 Å². The van der Waals surface area contributed by atoms with Gasteiger partial charge in [0.1, 0.15) is 5.15 Å². The highest BCUT2D eigenvalue weighted by Crippen LogP contribution is 2.27. The van der Waals surface area contributed by atoms with E-state index in [9.17, 15) is 0 Å². The highest BCUT2D eigenvalue weighted by molar-refractivity contribution is 9.10. The van der Waals surface area contributed by atoms with Crippen molar-refractivity contribution in [3.8, 4) is 11.4 Å². The molecule has 4 heteroatoms. The number of rotatable bonds is 1. The highest BCUT2D eigenvalue weighted by atomic mass is 79.9. The molecule has 0 saturated carbocycles. The van der Waals surface area contributed by atoms with E-state index in [4.69, 9.17) is 11.6 Å². The lowest BCUT2D eigenvalue weighted by Gasteiger charge is -2.07. The number of halogens is 2. The predicted octanol–water partition coefficient (Wildman–Crippen LogP) is 4.18. The fourth-order valence-electron chi connectivity index (χ4n) is 1.47. The molecule has 2 aromatic rings. The van der Waals surface area contributed by atoms with Crippen molar-refractivity contribution in [3.63, 3.8) is 0 Å². The molecule has 82 valence electrons. The molecule has 2 rings (SSSR count). The first-order chi connectivity index (χ1) is 7.59. The average molecular weight is 298 g/mol. The van der Waals surface area contributed by atoms with Gasteiger partial charge in [0.25, 0.3) is 0 Å². The fraction of sp³-hybridized carbons (Fsp3) is 0.167. The predicted molar refractivity (Wildman–Crippen MR) is 69.7 cm³/mol. The fourth-order valence-corrected chi connectivity index (χ4v) is 1.86. The molecule has 0 aliphatic rings. The van der Waals surface area contributed by atoms with Gasteiger partial charge < -0.3 is 0 Å². The van der Waals surface area contributed by atoms with Crippen LogP contribution in [0.25, 0.3) is 11.4 Å². The zero-order valence-corrected chi connectivity index (χ0v) is 11.3. The molecule has 1 heterocycles. The number of aryl methyl sites for hydroxylation is 2. The smallest absolute Gasteiger partial charge is 0.161 e. The van der Waals surface area contributed by atoms with Gasteiger partial charge in [-0.15, -0.1) is 0 Å². The summed E-state index contributed by atoms with van der Waals surface area (Å²) in [6.45, 7) is 3.93. The van der Waals surface area contributed by atoms with E-state index in [0.717, 1.165) is 21.3 Å². The largest absolute Gasteiger partial charge is 0.232 e. The molecule has 0 aliphatic heterocycles. The first-order valence-corrected chi connectivity index (χ1v) is 6.02. The van der Waals surface area contributed by atoms with Crippen LogP contribution in [0.2, 0.25) is 5.15 Å². The molecule has 0 unspecified atom stereocenters. The van der Waals surface area contributed by atoms with Crippen molar-refractivity contribution in [3.05, 3.63) is 45.1 Å². The second kappa shape index (κ2) is 4.52. The molecule has 0 amide bonds. The highest BCUT2D eigenvalue weighted by Gasteiger charge is 2.10. The van der Waals surface area contributed by atoms with Crippen LogP contribution in [0.5, 0.6) is 0 Å². The van der Waals surface area contributed by atoms with Crippen LogP contribution >= 0.6 is 27.5 Å². The molecule has 2 nitrogen and oxygen atoms in total. The number of hydrogen-bond donors (Lipinski definition) is 0. The number of benzene rings is 1. The molecule has 1 aromatic carbocycles. The van der Waals surface area contributed by atoms with E-state index >= 15 is 0 Å². The van der Waals surface area contributed by atoms with Crippen molar-refractivity contribution in [2.45, 2.75) is 13.8 Å².